The second kappa shape index (κ2) is 9.78. The molecule has 4 rings (SSSR count). The zero-order valence-corrected chi connectivity index (χ0v) is 18.7. The number of hydrogen-bond donors (Lipinski definition) is 1. The molecule has 164 valence electrons. The van der Waals surface area contributed by atoms with Gasteiger partial charge in [0.05, 0.1) is 19.5 Å². The van der Waals surface area contributed by atoms with Crippen LogP contribution in [0.25, 0.3) is 0 Å². The summed E-state index contributed by atoms with van der Waals surface area (Å²) in [6.07, 6.45) is 0. The Morgan fingerprint density at radius 3 is 2.47 bits per heavy atom. The summed E-state index contributed by atoms with van der Waals surface area (Å²) in [6.45, 7) is 2.53. The van der Waals surface area contributed by atoms with Gasteiger partial charge in [-0.05, 0) is 73.2 Å². The first-order valence-corrected chi connectivity index (χ1v) is 11.4. The fourth-order valence-corrected chi connectivity index (χ4v) is 4.70. The van der Waals surface area contributed by atoms with E-state index in [0.29, 0.717) is 29.4 Å². The minimum atomic E-state index is -0.205. The number of nitrogens with zero attached hydrogens (tertiary/aromatic N) is 1. The topological polar surface area (TPSA) is 67.9 Å². The van der Waals surface area contributed by atoms with E-state index in [1.165, 1.54) is 0 Å². The summed E-state index contributed by atoms with van der Waals surface area (Å²) in [6, 6.07) is 22.1. The second-order valence-corrected chi connectivity index (χ2v) is 8.23. The molecule has 0 aromatic heterocycles. The van der Waals surface area contributed by atoms with E-state index in [0.717, 1.165) is 17.0 Å². The maximum atomic E-state index is 12.7. The molecule has 0 radical (unpaired) electrons. The quantitative estimate of drug-likeness (QED) is 0.543. The highest BCUT2D eigenvalue weighted by molar-refractivity contribution is 8.00. The first-order chi connectivity index (χ1) is 15.6. The van der Waals surface area contributed by atoms with Crippen molar-refractivity contribution in [3.05, 3.63) is 83.9 Å². The number of thioether (sulfide) groups is 1. The van der Waals surface area contributed by atoms with Gasteiger partial charge in [-0.3, -0.25) is 14.5 Å². The van der Waals surface area contributed by atoms with Gasteiger partial charge in [-0.2, -0.15) is 0 Å². The maximum absolute atomic E-state index is 12.7. The van der Waals surface area contributed by atoms with Crippen molar-refractivity contribution in [3.63, 3.8) is 0 Å². The molecule has 0 unspecified atom stereocenters. The Labute approximate surface area is 191 Å². The summed E-state index contributed by atoms with van der Waals surface area (Å²) < 4.78 is 10.6. The molecule has 32 heavy (non-hydrogen) atoms. The van der Waals surface area contributed by atoms with Crippen LogP contribution in [0.1, 0.15) is 28.2 Å². The van der Waals surface area contributed by atoms with Crippen LogP contribution in [0.5, 0.6) is 11.5 Å². The fourth-order valence-electron chi connectivity index (χ4n) is 3.54. The predicted molar refractivity (Wildman–Crippen MR) is 128 cm³/mol. The van der Waals surface area contributed by atoms with E-state index in [1.807, 2.05) is 55.5 Å². The predicted octanol–water partition coefficient (Wildman–Crippen LogP) is 5.12. The molecule has 2 amide bonds. The summed E-state index contributed by atoms with van der Waals surface area (Å²) >= 11 is 1.57. The van der Waals surface area contributed by atoms with Crippen LogP contribution in [0.3, 0.4) is 0 Å². The average molecular weight is 449 g/mol. The fraction of sp³-hybridized carbons (Fsp3) is 0.200. The van der Waals surface area contributed by atoms with E-state index in [9.17, 15) is 9.59 Å². The van der Waals surface area contributed by atoms with Gasteiger partial charge in [0.15, 0.2) is 0 Å². The van der Waals surface area contributed by atoms with Crippen molar-refractivity contribution in [3.8, 4) is 11.5 Å². The van der Waals surface area contributed by atoms with Crippen molar-refractivity contribution >= 4 is 35.0 Å². The van der Waals surface area contributed by atoms with Crippen LogP contribution in [-0.2, 0) is 4.79 Å². The summed E-state index contributed by atoms with van der Waals surface area (Å²) in [5, 5.41) is 2.77. The molecule has 3 aromatic carbocycles. The minimum Gasteiger partial charge on any atom is -0.497 e. The van der Waals surface area contributed by atoms with E-state index < -0.39 is 0 Å². The Morgan fingerprint density at radius 2 is 1.78 bits per heavy atom. The summed E-state index contributed by atoms with van der Waals surface area (Å²) in [4.78, 5) is 27.1. The van der Waals surface area contributed by atoms with Crippen LogP contribution in [0.2, 0.25) is 0 Å². The van der Waals surface area contributed by atoms with E-state index in [4.69, 9.17) is 9.47 Å². The Hall–Kier alpha value is -3.45. The molecular formula is C25H24N2O4S. The molecular weight excluding hydrogens is 424 g/mol. The molecule has 3 aromatic rings. The molecule has 1 saturated heterocycles. The lowest BCUT2D eigenvalue weighted by molar-refractivity contribution is -0.115. The number of rotatable bonds is 7. The van der Waals surface area contributed by atoms with E-state index in [-0.39, 0.29) is 17.2 Å². The highest BCUT2D eigenvalue weighted by Crippen LogP contribution is 2.42. The lowest BCUT2D eigenvalue weighted by Gasteiger charge is -2.25. The third-order valence-corrected chi connectivity index (χ3v) is 6.29. The Kier molecular flexibility index (Phi) is 6.66. The first kappa shape index (κ1) is 21.8. The molecule has 0 aliphatic carbocycles. The Balaban J connectivity index is 1.53. The number of anilines is 2. The molecule has 1 atom stereocenters. The number of hydrogen-bond acceptors (Lipinski definition) is 5. The van der Waals surface area contributed by atoms with Crippen LogP contribution < -0.4 is 19.7 Å². The highest BCUT2D eigenvalue weighted by atomic mass is 32.2. The molecule has 6 nitrogen and oxygen atoms in total. The monoisotopic (exact) mass is 448 g/mol. The second-order valence-electron chi connectivity index (χ2n) is 7.16. The number of carbonyl (C=O) groups excluding carboxylic acids is 2. The van der Waals surface area contributed by atoms with Gasteiger partial charge in [0.1, 0.15) is 16.9 Å². The zero-order chi connectivity index (χ0) is 22.5. The van der Waals surface area contributed by atoms with Crippen molar-refractivity contribution in [2.75, 3.05) is 29.7 Å². The van der Waals surface area contributed by atoms with Gasteiger partial charge in [0.2, 0.25) is 5.91 Å². The van der Waals surface area contributed by atoms with Crippen LogP contribution >= 0.6 is 11.8 Å². The van der Waals surface area contributed by atoms with Crippen LogP contribution in [-0.4, -0.2) is 31.3 Å². The minimum absolute atomic E-state index is 0.0526. The number of benzene rings is 3. The van der Waals surface area contributed by atoms with Crippen molar-refractivity contribution in [1.29, 1.82) is 0 Å². The highest BCUT2D eigenvalue weighted by Gasteiger charge is 2.34. The van der Waals surface area contributed by atoms with Crippen LogP contribution in [0.15, 0.2) is 72.8 Å². The summed E-state index contributed by atoms with van der Waals surface area (Å²) in [5.41, 5.74) is 2.98. The van der Waals surface area contributed by atoms with Crippen molar-refractivity contribution in [2.24, 2.45) is 0 Å². The lowest BCUT2D eigenvalue weighted by Crippen LogP contribution is -2.27. The number of methoxy groups -OCH3 is 1. The third kappa shape index (κ3) is 4.73. The normalized spacial score (nSPS) is 15.5. The molecule has 7 heteroatoms. The summed E-state index contributed by atoms with van der Waals surface area (Å²) in [7, 11) is 1.59. The van der Waals surface area contributed by atoms with Gasteiger partial charge in [-0.15, -0.1) is 11.8 Å². The molecule has 0 spiro atoms. The van der Waals surface area contributed by atoms with Gasteiger partial charge in [-0.25, -0.2) is 0 Å². The number of ether oxygens (including phenoxy) is 2. The van der Waals surface area contributed by atoms with E-state index in [2.05, 4.69) is 5.32 Å². The first-order valence-electron chi connectivity index (χ1n) is 10.3. The largest absolute Gasteiger partial charge is 0.497 e. The molecule has 1 aliphatic heterocycles. The SMILES string of the molecule is CCOc1ccc(N2C(=O)CS[C@@H]2c2cccc(NC(=O)c3ccc(OC)cc3)c2)cc1. The molecule has 1 N–H and O–H groups in total. The summed E-state index contributed by atoms with van der Waals surface area (Å²) in [5.74, 6) is 1.72. The van der Waals surface area contributed by atoms with Gasteiger partial charge in [0, 0.05) is 16.9 Å². The maximum Gasteiger partial charge on any atom is 0.255 e. The van der Waals surface area contributed by atoms with Crippen LogP contribution in [0.4, 0.5) is 11.4 Å². The van der Waals surface area contributed by atoms with Gasteiger partial charge in [0.25, 0.3) is 5.91 Å². The van der Waals surface area contributed by atoms with Crippen molar-refractivity contribution in [2.45, 2.75) is 12.3 Å². The van der Waals surface area contributed by atoms with Gasteiger partial charge in [-0.1, -0.05) is 12.1 Å². The third-order valence-electron chi connectivity index (χ3n) is 5.08. The standard InChI is InChI=1S/C25H24N2O4S/c1-3-31-22-13-9-20(10-14-22)27-23(28)16-32-25(27)18-5-4-6-19(15-18)26-24(29)17-7-11-21(30-2)12-8-17/h4-15,25H,3,16H2,1-2H3,(H,26,29)/t25-/m1/s1. The molecule has 0 saturated carbocycles. The van der Waals surface area contributed by atoms with Crippen molar-refractivity contribution < 1.29 is 19.1 Å². The van der Waals surface area contributed by atoms with Gasteiger partial charge < -0.3 is 14.8 Å². The van der Waals surface area contributed by atoms with Gasteiger partial charge >= 0.3 is 0 Å². The van der Waals surface area contributed by atoms with E-state index >= 15 is 0 Å². The molecule has 1 heterocycles. The molecule has 0 bridgehead atoms. The Bertz CT molecular complexity index is 1100. The average Bonchev–Trinajstić information content (AvgIpc) is 3.21. The lowest BCUT2D eigenvalue weighted by atomic mass is 10.1. The molecule has 1 aliphatic rings. The van der Waals surface area contributed by atoms with Crippen molar-refractivity contribution in [1.82, 2.24) is 0 Å². The smallest absolute Gasteiger partial charge is 0.255 e. The molecule has 1 fully saturated rings. The number of amides is 2. The zero-order valence-electron chi connectivity index (χ0n) is 17.9. The number of nitrogens with one attached hydrogen (secondary N) is 1. The van der Waals surface area contributed by atoms with E-state index in [1.54, 1.807) is 48.0 Å². The number of carbonyl (C=O) groups is 2. The Morgan fingerprint density at radius 1 is 1.06 bits per heavy atom. The van der Waals surface area contributed by atoms with Crippen LogP contribution in [0, 0.1) is 0 Å².